The minimum Gasteiger partial charge on any atom is -0.319 e. The first kappa shape index (κ1) is 10.8. The van der Waals surface area contributed by atoms with E-state index < -0.39 is 0 Å². The molecule has 0 aliphatic carbocycles. The van der Waals surface area contributed by atoms with Gasteiger partial charge in [-0.1, -0.05) is 25.7 Å². The van der Waals surface area contributed by atoms with Crippen molar-refractivity contribution in [1.29, 1.82) is 0 Å². The van der Waals surface area contributed by atoms with E-state index in [4.69, 9.17) is 0 Å². The highest BCUT2D eigenvalue weighted by Crippen LogP contribution is 2.15. The maximum Gasteiger partial charge on any atom is 0.106 e. The first-order valence-corrected chi connectivity index (χ1v) is 4.96. The van der Waals surface area contributed by atoms with Gasteiger partial charge in [-0.15, -0.1) is 0 Å². The molecule has 2 nitrogen and oxygen atoms in total. The Balaban J connectivity index is 2.98. The molecule has 0 atom stereocenters. The maximum atomic E-state index is 4.21. The zero-order valence-corrected chi connectivity index (χ0v) is 9.63. The predicted octanol–water partition coefficient (Wildman–Crippen LogP) is 2.59. The summed E-state index contributed by atoms with van der Waals surface area (Å²) in [5.41, 5.74) is -0.162. The molecule has 76 valence electrons. The Morgan fingerprint density at radius 1 is 1.43 bits per heavy atom. The van der Waals surface area contributed by atoms with Crippen LogP contribution in [0.5, 0.6) is 0 Å². The van der Waals surface area contributed by atoms with Crippen molar-refractivity contribution >= 4 is 0 Å². The molecule has 1 rings (SSSR count). The molecule has 1 aromatic rings. The highest BCUT2D eigenvalue weighted by atomic mass is 15.1. The topological polar surface area (TPSA) is 17.8 Å². The van der Waals surface area contributed by atoms with Gasteiger partial charge in [-0.25, -0.2) is 4.98 Å². The van der Waals surface area contributed by atoms with Crippen LogP contribution >= 0.6 is 0 Å². The summed E-state index contributed by atoms with van der Waals surface area (Å²) < 4.78 is 2.10. The molecule has 0 unspecified atom stereocenters. The number of nitrogens with zero attached hydrogens (tertiary/aromatic N) is 2. The third-order valence-corrected chi connectivity index (χ3v) is 2.09. The molecule has 0 aliphatic heterocycles. The highest BCUT2D eigenvalue weighted by Gasteiger charge is 2.17. The average molecular weight is 190 g/mol. The van der Waals surface area contributed by atoms with Crippen LogP contribution in [0.2, 0.25) is 0 Å². The minimum atomic E-state index is -0.162. The van der Waals surface area contributed by atoms with Gasteiger partial charge in [0.2, 0.25) is 0 Å². The Hall–Kier alpha value is -1.23. The van der Waals surface area contributed by atoms with Gasteiger partial charge in [-0.05, 0) is 20.8 Å². The van der Waals surface area contributed by atoms with Gasteiger partial charge in [0.15, 0.2) is 0 Å². The van der Waals surface area contributed by atoms with Crippen LogP contribution in [0, 0.1) is 24.7 Å². The lowest BCUT2D eigenvalue weighted by Gasteiger charge is -2.21. The predicted molar refractivity (Wildman–Crippen MR) is 58.9 cm³/mol. The molecule has 1 heterocycles. The first-order valence-electron chi connectivity index (χ1n) is 4.96. The largest absolute Gasteiger partial charge is 0.319 e. The summed E-state index contributed by atoms with van der Waals surface area (Å²) >= 11 is 0. The van der Waals surface area contributed by atoms with Gasteiger partial charge in [-0.2, -0.15) is 0 Å². The smallest absolute Gasteiger partial charge is 0.106 e. The minimum absolute atomic E-state index is 0.162. The lowest BCUT2D eigenvalue weighted by Crippen LogP contribution is -2.24. The van der Waals surface area contributed by atoms with Crippen LogP contribution in [0.15, 0.2) is 12.4 Å². The average Bonchev–Trinajstić information content (AvgIpc) is 2.48. The van der Waals surface area contributed by atoms with E-state index in [2.05, 4.69) is 49.1 Å². The fraction of sp³-hybridized carbons (Fsp3) is 0.583. The summed E-state index contributed by atoms with van der Waals surface area (Å²) in [6.07, 6.45) is 3.79. The van der Waals surface area contributed by atoms with E-state index in [-0.39, 0.29) is 5.54 Å². The molecule has 0 spiro atoms. The molecule has 0 saturated heterocycles. The second-order valence-electron chi connectivity index (χ2n) is 4.33. The summed E-state index contributed by atoms with van der Waals surface area (Å²) in [4.78, 5) is 4.21. The zero-order chi connectivity index (χ0) is 10.8. The number of aryl methyl sites for hydroxylation is 1. The Kier molecular flexibility index (Phi) is 3.00. The van der Waals surface area contributed by atoms with E-state index >= 15 is 0 Å². The van der Waals surface area contributed by atoms with E-state index in [1.807, 2.05) is 19.3 Å². The van der Waals surface area contributed by atoms with Crippen molar-refractivity contribution in [3.8, 4) is 11.8 Å². The summed E-state index contributed by atoms with van der Waals surface area (Å²) in [6.45, 7) is 10.4. The van der Waals surface area contributed by atoms with E-state index in [0.717, 1.165) is 5.82 Å². The van der Waals surface area contributed by atoms with E-state index in [0.29, 0.717) is 5.92 Å². The number of imidazole rings is 1. The molecule has 0 aliphatic rings. The summed E-state index contributed by atoms with van der Waals surface area (Å²) in [5, 5.41) is 0. The molecule has 0 radical (unpaired) electrons. The van der Waals surface area contributed by atoms with Gasteiger partial charge in [0.1, 0.15) is 11.4 Å². The van der Waals surface area contributed by atoms with Crippen LogP contribution < -0.4 is 0 Å². The molecule has 0 aromatic carbocycles. The standard InChI is InChI=1S/C12H18N2/c1-10(2)6-7-12(4,5)14-9-8-13-11(14)3/h8-10H,1-5H3. The lowest BCUT2D eigenvalue weighted by molar-refractivity contribution is 0.461. The molecular weight excluding hydrogens is 172 g/mol. The molecule has 0 N–H and O–H groups in total. The van der Waals surface area contributed by atoms with Crippen LogP contribution in [0.25, 0.3) is 0 Å². The van der Waals surface area contributed by atoms with Crippen molar-refractivity contribution in [3.05, 3.63) is 18.2 Å². The monoisotopic (exact) mass is 190 g/mol. The number of hydrogen-bond acceptors (Lipinski definition) is 1. The number of rotatable bonds is 1. The summed E-state index contributed by atoms with van der Waals surface area (Å²) in [7, 11) is 0. The lowest BCUT2D eigenvalue weighted by atomic mass is 10.0. The molecule has 0 bridgehead atoms. The third kappa shape index (κ3) is 2.38. The Labute approximate surface area is 86.4 Å². The SMILES string of the molecule is Cc1nccn1C(C)(C)C#CC(C)C. The van der Waals surface area contributed by atoms with Gasteiger partial charge in [0, 0.05) is 18.3 Å². The van der Waals surface area contributed by atoms with Gasteiger partial charge in [0.05, 0.1) is 0 Å². The quantitative estimate of drug-likeness (QED) is 0.622. The van der Waals surface area contributed by atoms with Gasteiger partial charge in [-0.3, -0.25) is 0 Å². The fourth-order valence-corrected chi connectivity index (χ4v) is 1.35. The van der Waals surface area contributed by atoms with Crippen LogP contribution in [0.1, 0.15) is 33.5 Å². The van der Waals surface area contributed by atoms with Crippen LogP contribution in [0.3, 0.4) is 0 Å². The fourth-order valence-electron chi connectivity index (χ4n) is 1.35. The summed E-state index contributed by atoms with van der Waals surface area (Å²) in [6, 6.07) is 0. The van der Waals surface area contributed by atoms with Gasteiger partial charge in [0.25, 0.3) is 0 Å². The van der Waals surface area contributed by atoms with Crippen molar-refractivity contribution in [2.24, 2.45) is 5.92 Å². The summed E-state index contributed by atoms with van der Waals surface area (Å²) in [5.74, 6) is 7.90. The van der Waals surface area contributed by atoms with Gasteiger partial charge >= 0.3 is 0 Å². The van der Waals surface area contributed by atoms with Crippen LogP contribution in [-0.2, 0) is 5.54 Å². The zero-order valence-electron chi connectivity index (χ0n) is 9.63. The van der Waals surface area contributed by atoms with Crippen LogP contribution in [-0.4, -0.2) is 9.55 Å². The first-order chi connectivity index (χ1) is 6.43. The molecular formula is C12H18N2. The Morgan fingerprint density at radius 3 is 2.50 bits per heavy atom. The molecule has 2 heteroatoms. The van der Waals surface area contributed by atoms with Crippen molar-refractivity contribution < 1.29 is 0 Å². The van der Waals surface area contributed by atoms with E-state index in [9.17, 15) is 0 Å². The Morgan fingerprint density at radius 2 is 2.07 bits per heavy atom. The maximum absolute atomic E-state index is 4.21. The van der Waals surface area contributed by atoms with Crippen molar-refractivity contribution in [3.63, 3.8) is 0 Å². The number of aromatic nitrogens is 2. The van der Waals surface area contributed by atoms with Crippen molar-refractivity contribution in [2.75, 3.05) is 0 Å². The van der Waals surface area contributed by atoms with Gasteiger partial charge < -0.3 is 4.57 Å². The molecule has 14 heavy (non-hydrogen) atoms. The second-order valence-corrected chi connectivity index (χ2v) is 4.33. The highest BCUT2D eigenvalue weighted by molar-refractivity contribution is 5.16. The third-order valence-electron chi connectivity index (χ3n) is 2.09. The van der Waals surface area contributed by atoms with Crippen molar-refractivity contribution in [1.82, 2.24) is 9.55 Å². The Bertz CT molecular complexity index is 361. The molecule has 0 saturated carbocycles. The molecule has 0 fully saturated rings. The van der Waals surface area contributed by atoms with E-state index in [1.54, 1.807) is 0 Å². The second kappa shape index (κ2) is 3.88. The number of hydrogen-bond donors (Lipinski definition) is 0. The molecule has 1 aromatic heterocycles. The normalized spacial score (nSPS) is 11.3. The molecule has 0 amide bonds. The van der Waals surface area contributed by atoms with E-state index in [1.165, 1.54) is 0 Å². The van der Waals surface area contributed by atoms with Crippen LogP contribution in [0.4, 0.5) is 0 Å². The van der Waals surface area contributed by atoms with Crippen molar-refractivity contribution in [2.45, 2.75) is 40.2 Å².